The van der Waals surface area contributed by atoms with Crippen molar-refractivity contribution in [3.8, 4) is 0 Å². The van der Waals surface area contributed by atoms with Crippen molar-refractivity contribution in [3.05, 3.63) is 15.4 Å². The van der Waals surface area contributed by atoms with Crippen molar-refractivity contribution < 1.29 is 13.2 Å². The Morgan fingerprint density at radius 3 is 2.75 bits per heavy atom. The normalized spacial score (nSPS) is 17.8. The van der Waals surface area contributed by atoms with E-state index < -0.39 is 10.0 Å². The molecule has 112 valence electrons. The van der Waals surface area contributed by atoms with Gasteiger partial charge in [-0.2, -0.15) is 0 Å². The summed E-state index contributed by atoms with van der Waals surface area (Å²) in [4.78, 5) is 13.2. The Morgan fingerprint density at radius 2 is 2.25 bits per heavy atom. The fraction of sp³-hybridized carbons (Fsp3) is 0.583. The molecule has 1 fully saturated rings. The number of carbonyl (C=O) groups is 1. The Labute approximate surface area is 131 Å². The van der Waals surface area contributed by atoms with Crippen LogP contribution >= 0.6 is 27.3 Å². The van der Waals surface area contributed by atoms with E-state index in [1.165, 1.54) is 11.3 Å². The molecule has 2 heterocycles. The van der Waals surface area contributed by atoms with Crippen LogP contribution in [0, 0.1) is 6.92 Å². The van der Waals surface area contributed by atoms with Crippen molar-refractivity contribution >= 4 is 43.2 Å². The largest absolute Gasteiger partial charge is 0.341 e. The highest BCUT2D eigenvalue weighted by atomic mass is 79.9. The minimum absolute atomic E-state index is 0.103. The van der Waals surface area contributed by atoms with E-state index in [0.29, 0.717) is 23.7 Å². The summed E-state index contributed by atoms with van der Waals surface area (Å²) in [5.74, 6) is 0.103. The molecule has 0 spiro atoms. The van der Waals surface area contributed by atoms with Crippen molar-refractivity contribution in [2.24, 2.45) is 0 Å². The number of nitrogens with one attached hydrogen (secondary N) is 1. The summed E-state index contributed by atoms with van der Waals surface area (Å²) in [5.41, 5.74) is 0.901. The molecule has 1 aliphatic heterocycles. The number of halogens is 1. The molecule has 1 atom stereocenters. The van der Waals surface area contributed by atoms with E-state index in [2.05, 4.69) is 20.7 Å². The summed E-state index contributed by atoms with van der Waals surface area (Å²) >= 11 is 4.52. The second-order valence-corrected chi connectivity index (χ2v) is 9.30. The van der Waals surface area contributed by atoms with Crippen molar-refractivity contribution in [3.63, 3.8) is 0 Å². The first kappa shape index (κ1) is 15.9. The second kappa shape index (κ2) is 6.13. The minimum Gasteiger partial charge on any atom is -0.341 e. The number of hydrogen-bond donors (Lipinski definition) is 1. The molecule has 1 amide bonds. The predicted molar refractivity (Wildman–Crippen MR) is 82.4 cm³/mol. The molecule has 0 radical (unpaired) electrons. The number of carbonyl (C=O) groups excluding carboxylic acids is 1. The van der Waals surface area contributed by atoms with E-state index in [9.17, 15) is 13.2 Å². The zero-order valence-electron chi connectivity index (χ0n) is 11.3. The number of sulfonamides is 1. The molecule has 1 aromatic heterocycles. The molecule has 0 aliphatic carbocycles. The highest BCUT2D eigenvalue weighted by Crippen LogP contribution is 2.30. The molecule has 20 heavy (non-hydrogen) atoms. The average Bonchev–Trinajstić information content (AvgIpc) is 2.87. The van der Waals surface area contributed by atoms with E-state index in [1.807, 2.05) is 6.92 Å². The van der Waals surface area contributed by atoms with Crippen LogP contribution in [0.3, 0.4) is 0 Å². The van der Waals surface area contributed by atoms with Crippen LogP contribution in [0.4, 0.5) is 0 Å². The maximum Gasteiger partial charge on any atom is 0.250 e. The molecule has 1 aromatic rings. The fourth-order valence-electron chi connectivity index (χ4n) is 2.15. The molecule has 1 saturated heterocycles. The zero-order chi connectivity index (χ0) is 14.9. The number of hydrogen-bond acceptors (Lipinski definition) is 4. The van der Waals surface area contributed by atoms with Gasteiger partial charge in [0, 0.05) is 25.6 Å². The maximum absolute atomic E-state index is 12.2. The molecule has 8 heteroatoms. The van der Waals surface area contributed by atoms with Gasteiger partial charge in [0.05, 0.1) is 3.79 Å². The molecule has 0 bridgehead atoms. The SMILES string of the molecule is Cc1cc(S(=O)(=O)NC(C)CN2CCCC2=O)sc1Br. The van der Waals surface area contributed by atoms with E-state index in [4.69, 9.17) is 0 Å². The van der Waals surface area contributed by atoms with Gasteiger partial charge in [-0.15, -0.1) is 11.3 Å². The first-order chi connectivity index (χ1) is 9.29. The molecule has 1 unspecified atom stereocenters. The first-order valence-corrected chi connectivity index (χ1v) is 9.45. The van der Waals surface area contributed by atoms with Gasteiger partial charge in [-0.25, -0.2) is 13.1 Å². The lowest BCUT2D eigenvalue weighted by atomic mass is 10.3. The third-order valence-corrected chi connectivity index (χ3v) is 7.32. The van der Waals surface area contributed by atoms with Gasteiger partial charge in [0.1, 0.15) is 4.21 Å². The lowest BCUT2D eigenvalue weighted by Crippen LogP contribution is -2.42. The molecule has 0 saturated carbocycles. The quantitative estimate of drug-likeness (QED) is 0.850. The highest BCUT2D eigenvalue weighted by molar-refractivity contribution is 9.11. The van der Waals surface area contributed by atoms with Gasteiger partial charge < -0.3 is 4.90 Å². The summed E-state index contributed by atoms with van der Waals surface area (Å²) in [5, 5.41) is 0. The second-order valence-electron chi connectivity index (χ2n) is 4.99. The summed E-state index contributed by atoms with van der Waals surface area (Å²) in [6.07, 6.45) is 1.42. The van der Waals surface area contributed by atoms with Crippen LogP contribution in [0.15, 0.2) is 14.1 Å². The summed E-state index contributed by atoms with van der Waals surface area (Å²) in [7, 11) is -3.52. The van der Waals surface area contributed by atoms with Gasteiger partial charge in [0.25, 0.3) is 0 Å². The Morgan fingerprint density at radius 1 is 1.55 bits per heavy atom. The van der Waals surface area contributed by atoms with Crippen molar-refractivity contribution in [2.75, 3.05) is 13.1 Å². The number of amides is 1. The monoisotopic (exact) mass is 380 g/mol. The molecular weight excluding hydrogens is 364 g/mol. The van der Waals surface area contributed by atoms with Crippen LogP contribution in [0.25, 0.3) is 0 Å². The Hall–Kier alpha value is -0.440. The lowest BCUT2D eigenvalue weighted by Gasteiger charge is -2.21. The van der Waals surface area contributed by atoms with Crippen LogP contribution in [0.2, 0.25) is 0 Å². The maximum atomic E-state index is 12.2. The zero-order valence-corrected chi connectivity index (χ0v) is 14.6. The molecule has 5 nitrogen and oxygen atoms in total. The van der Waals surface area contributed by atoms with Gasteiger partial charge in [-0.05, 0) is 47.8 Å². The van der Waals surface area contributed by atoms with Crippen molar-refractivity contribution in [1.29, 1.82) is 0 Å². The summed E-state index contributed by atoms with van der Waals surface area (Å²) in [6.45, 7) is 4.77. The number of thiophene rings is 1. The third kappa shape index (κ3) is 3.60. The standard InChI is InChI=1S/C12H17BrN2O3S2/c1-8-6-11(19-12(8)13)20(17,18)14-9(2)7-15-5-3-4-10(15)16/h6,9,14H,3-5,7H2,1-2H3. The molecule has 2 rings (SSSR count). The van der Waals surface area contributed by atoms with E-state index >= 15 is 0 Å². The van der Waals surface area contributed by atoms with Gasteiger partial charge >= 0.3 is 0 Å². The van der Waals surface area contributed by atoms with E-state index in [0.717, 1.165) is 15.8 Å². The highest BCUT2D eigenvalue weighted by Gasteiger charge is 2.25. The molecule has 1 aliphatic rings. The minimum atomic E-state index is -3.52. The van der Waals surface area contributed by atoms with E-state index in [-0.39, 0.29) is 11.9 Å². The van der Waals surface area contributed by atoms with E-state index in [1.54, 1.807) is 17.9 Å². The lowest BCUT2D eigenvalue weighted by molar-refractivity contribution is -0.127. The van der Waals surface area contributed by atoms with Crippen LogP contribution in [-0.4, -0.2) is 38.4 Å². The molecule has 0 aromatic carbocycles. The fourth-order valence-corrected chi connectivity index (χ4v) is 5.63. The third-order valence-electron chi connectivity index (χ3n) is 3.12. The van der Waals surface area contributed by atoms with Crippen LogP contribution in [0.5, 0.6) is 0 Å². The summed E-state index contributed by atoms with van der Waals surface area (Å²) in [6, 6.07) is 1.34. The van der Waals surface area contributed by atoms with Gasteiger partial charge in [0.2, 0.25) is 15.9 Å². The number of nitrogens with zero attached hydrogens (tertiary/aromatic N) is 1. The predicted octanol–water partition coefficient (Wildman–Crippen LogP) is 2.11. The number of aryl methyl sites for hydroxylation is 1. The van der Waals surface area contributed by atoms with Crippen molar-refractivity contribution in [2.45, 2.75) is 36.9 Å². The van der Waals surface area contributed by atoms with Gasteiger partial charge in [0.15, 0.2) is 0 Å². The summed E-state index contributed by atoms with van der Waals surface area (Å²) < 4.78 is 28.2. The topological polar surface area (TPSA) is 66.5 Å². The van der Waals surface area contributed by atoms with Gasteiger partial charge in [-0.1, -0.05) is 0 Å². The molecule has 1 N–H and O–H groups in total. The Kier molecular flexibility index (Phi) is 4.88. The molecular formula is C12H17BrN2O3S2. The Bertz CT molecular complexity index is 593. The Balaban J connectivity index is 2.02. The number of likely N-dealkylation sites (tertiary alicyclic amines) is 1. The first-order valence-electron chi connectivity index (χ1n) is 6.35. The average molecular weight is 381 g/mol. The van der Waals surface area contributed by atoms with Crippen LogP contribution < -0.4 is 4.72 Å². The van der Waals surface area contributed by atoms with Crippen molar-refractivity contribution in [1.82, 2.24) is 9.62 Å². The van der Waals surface area contributed by atoms with Crippen LogP contribution in [-0.2, 0) is 14.8 Å². The van der Waals surface area contributed by atoms with Gasteiger partial charge in [-0.3, -0.25) is 4.79 Å². The smallest absolute Gasteiger partial charge is 0.250 e. The van der Waals surface area contributed by atoms with Crippen LogP contribution in [0.1, 0.15) is 25.3 Å². The number of rotatable bonds is 5.